The fraction of sp³-hybridized carbons (Fsp3) is 0.533. The number of nitriles is 1. The molecule has 0 N–H and O–H groups in total. The Labute approximate surface area is 124 Å². The summed E-state index contributed by atoms with van der Waals surface area (Å²) >= 11 is 0. The quantitative estimate of drug-likeness (QED) is 0.630. The smallest absolute Gasteiger partial charge is 0.272 e. The monoisotopic (exact) mass is 288 g/mol. The molecule has 2 rings (SSSR count). The predicted molar refractivity (Wildman–Crippen MR) is 81.3 cm³/mol. The molecule has 0 saturated carbocycles. The number of nitro benzene ring substituents is 1. The van der Waals surface area contributed by atoms with E-state index in [0.717, 1.165) is 31.9 Å². The number of hydrogen-bond acceptors (Lipinski definition) is 5. The van der Waals surface area contributed by atoms with E-state index in [1.165, 1.54) is 0 Å². The molecule has 0 amide bonds. The van der Waals surface area contributed by atoms with Crippen LogP contribution in [0.25, 0.3) is 0 Å². The molecular formula is C15H20N4O2. The second-order valence-corrected chi connectivity index (χ2v) is 5.87. The summed E-state index contributed by atoms with van der Waals surface area (Å²) in [5.74, 6) is 0. The molecule has 112 valence electrons. The van der Waals surface area contributed by atoms with Crippen LogP contribution >= 0.6 is 0 Å². The zero-order chi connectivity index (χ0) is 15.6. The van der Waals surface area contributed by atoms with E-state index in [4.69, 9.17) is 0 Å². The van der Waals surface area contributed by atoms with Gasteiger partial charge in [0, 0.05) is 43.5 Å². The van der Waals surface area contributed by atoms with Crippen molar-refractivity contribution in [2.45, 2.75) is 26.3 Å². The van der Waals surface area contributed by atoms with Crippen LogP contribution < -0.4 is 4.90 Å². The summed E-state index contributed by atoms with van der Waals surface area (Å²) in [6.45, 7) is 8.89. The summed E-state index contributed by atoms with van der Waals surface area (Å²) in [5.41, 5.74) is 1.39. The zero-order valence-electron chi connectivity index (χ0n) is 12.7. The molecule has 0 aromatic heterocycles. The van der Waals surface area contributed by atoms with Gasteiger partial charge in [-0.3, -0.25) is 15.0 Å². The van der Waals surface area contributed by atoms with Gasteiger partial charge in [0.1, 0.15) is 5.54 Å². The molecule has 21 heavy (non-hydrogen) atoms. The maximum absolute atomic E-state index is 10.9. The van der Waals surface area contributed by atoms with Crippen LogP contribution in [0.3, 0.4) is 0 Å². The fourth-order valence-electron chi connectivity index (χ4n) is 2.64. The maximum Gasteiger partial charge on any atom is 0.272 e. The molecule has 6 nitrogen and oxygen atoms in total. The highest BCUT2D eigenvalue weighted by molar-refractivity contribution is 5.55. The van der Waals surface area contributed by atoms with Gasteiger partial charge in [0.2, 0.25) is 0 Å². The van der Waals surface area contributed by atoms with Crippen LogP contribution in [-0.2, 0) is 0 Å². The second kappa shape index (κ2) is 5.70. The molecule has 0 atom stereocenters. The fourth-order valence-corrected chi connectivity index (χ4v) is 2.64. The topological polar surface area (TPSA) is 73.4 Å². The normalized spacial score (nSPS) is 16.6. The minimum atomic E-state index is -0.447. The molecule has 1 heterocycles. The first-order valence-corrected chi connectivity index (χ1v) is 7.01. The summed E-state index contributed by atoms with van der Waals surface area (Å²) < 4.78 is 0. The van der Waals surface area contributed by atoms with Gasteiger partial charge in [-0.05, 0) is 32.9 Å². The molecule has 1 aromatic rings. The Balaban J connectivity index is 2.08. The number of rotatable bonds is 3. The Kier molecular flexibility index (Phi) is 4.14. The minimum absolute atomic E-state index is 0.156. The number of anilines is 1. The van der Waals surface area contributed by atoms with Gasteiger partial charge >= 0.3 is 0 Å². The van der Waals surface area contributed by atoms with Gasteiger partial charge in [-0.15, -0.1) is 0 Å². The molecular weight excluding hydrogens is 268 g/mol. The minimum Gasteiger partial charge on any atom is -0.369 e. The molecule has 0 bridgehead atoms. The van der Waals surface area contributed by atoms with Crippen molar-refractivity contribution in [2.75, 3.05) is 31.1 Å². The van der Waals surface area contributed by atoms with Gasteiger partial charge in [0.25, 0.3) is 5.69 Å². The van der Waals surface area contributed by atoms with E-state index in [-0.39, 0.29) is 10.6 Å². The van der Waals surface area contributed by atoms with Crippen molar-refractivity contribution in [3.8, 4) is 6.07 Å². The van der Waals surface area contributed by atoms with Crippen LogP contribution in [0.4, 0.5) is 11.4 Å². The standard InChI is InChI=1S/C15H20N4O2/c1-12-10-13(4-5-14(12)19(20)21)17-6-8-18(9-7-17)15(2,3)11-16/h4-5,10H,6-9H2,1-3H3. The molecule has 6 heteroatoms. The molecule has 0 aliphatic carbocycles. The van der Waals surface area contributed by atoms with Crippen LogP contribution in [0.15, 0.2) is 18.2 Å². The van der Waals surface area contributed by atoms with Crippen LogP contribution in [0.5, 0.6) is 0 Å². The first-order valence-electron chi connectivity index (χ1n) is 7.01. The highest BCUT2D eigenvalue weighted by Crippen LogP contribution is 2.26. The number of aryl methyl sites for hydroxylation is 1. The average Bonchev–Trinajstić information content (AvgIpc) is 2.47. The molecule has 1 aliphatic rings. The molecule has 1 saturated heterocycles. The third-order valence-corrected chi connectivity index (χ3v) is 4.09. The maximum atomic E-state index is 10.9. The molecule has 0 spiro atoms. The zero-order valence-corrected chi connectivity index (χ0v) is 12.7. The van der Waals surface area contributed by atoms with Crippen molar-refractivity contribution < 1.29 is 4.92 Å². The summed E-state index contributed by atoms with van der Waals surface area (Å²) in [5, 5.41) is 20.0. The number of piperazine rings is 1. The number of nitro groups is 1. The van der Waals surface area contributed by atoms with Crippen LogP contribution in [0.2, 0.25) is 0 Å². The van der Waals surface area contributed by atoms with Crippen LogP contribution in [-0.4, -0.2) is 41.5 Å². The van der Waals surface area contributed by atoms with Crippen LogP contribution in [0, 0.1) is 28.4 Å². The van der Waals surface area contributed by atoms with Crippen molar-refractivity contribution in [1.29, 1.82) is 5.26 Å². The van der Waals surface area contributed by atoms with Crippen molar-refractivity contribution in [2.24, 2.45) is 0 Å². The molecule has 1 fully saturated rings. The van der Waals surface area contributed by atoms with Crippen molar-refractivity contribution in [1.82, 2.24) is 4.90 Å². The van der Waals surface area contributed by atoms with E-state index in [1.54, 1.807) is 19.1 Å². The van der Waals surface area contributed by atoms with E-state index in [1.807, 2.05) is 19.9 Å². The Morgan fingerprint density at radius 2 is 1.90 bits per heavy atom. The van der Waals surface area contributed by atoms with Crippen LogP contribution in [0.1, 0.15) is 19.4 Å². The average molecular weight is 288 g/mol. The number of benzene rings is 1. The lowest BCUT2D eigenvalue weighted by Crippen LogP contribution is -2.54. The highest BCUT2D eigenvalue weighted by Gasteiger charge is 2.29. The van der Waals surface area contributed by atoms with E-state index in [0.29, 0.717) is 5.56 Å². The highest BCUT2D eigenvalue weighted by atomic mass is 16.6. The third-order valence-electron chi connectivity index (χ3n) is 4.09. The summed E-state index contributed by atoms with van der Waals surface area (Å²) in [6, 6.07) is 7.56. The molecule has 0 radical (unpaired) electrons. The van der Waals surface area contributed by atoms with Gasteiger partial charge in [-0.1, -0.05) is 0 Å². The SMILES string of the molecule is Cc1cc(N2CCN(C(C)(C)C#N)CC2)ccc1[N+](=O)[O-]. The van der Waals surface area contributed by atoms with Gasteiger partial charge in [-0.2, -0.15) is 5.26 Å². The molecule has 0 unspecified atom stereocenters. The lowest BCUT2D eigenvalue weighted by atomic mass is 10.0. The first kappa shape index (κ1) is 15.3. The van der Waals surface area contributed by atoms with Crippen molar-refractivity contribution in [3.05, 3.63) is 33.9 Å². The lowest BCUT2D eigenvalue weighted by molar-refractivity contribution is -0.385. The number of nitrogens with zero attached hydrogens (tertiary/aromatic N) is 4. The van der Waals surface area contributed by atoms with Crippen molar-refractivity contribution >= 4 is 11.4 Å². The van der Waals surface area contributed by atoms with Gasteiger partial charge < -0.3 is 4.90 Å². The third kappa shape index (κ3) is 3.14. The number of hydrogen-bond donors (Lipinski definition) is 0. The van der Waals surface area contributed by atoms with E-state index < -0.39 is 5.54 Å². The summed E-state index contributed by atoms with van der Waals surface area (Å²) in [6.07, 6.45) is 0. The van der Waals surface area contributed by atoms with Gasteiger partial charge in [0.05, 0.1) is 11.0 Å². The van der Waals surface area contributed by atoms with E-state index in [9.17, 15) is 15.4 Å². The van der Waals surface area contributed by atoms with Gasteiger partial charge in [0.15, 0.2) is 0 Å². The van der Waals surface area contributed by atoms with Crippen molar-refractivity contribution in [3.63, 3.8) is 0 Å². The predicted octanol–water partition coefficient (Wildman–Crippen LogP) is 2.33. The van der Waals surface area contributed by atoms with E-state index in [2.05, 4.69) is 15.9 Å². The Hall–Kier alpha value is -2.13. The Bertz CT molecular complexity index is 584. The van der Waals surface area contributed by atoms with E-state index >= 15 is 0 Å². The molecule has 1 aromatic carbocycles. The van der Waals surface area contributed by atoms with Gasteiger partial charge in [-0.25, -0.2) is 0 Å². The first-order chi connectivity index (χ1) is 9.85. The second-order valence-electron chi connectivity index (χ2n) is 5.87. The summed E-state index contributed by atoms with van der Waals surface area (Å²) in [4.78, 5) is 14.9. The lowest BCUT2D eigenvalue weighted by Gasteiger charge is -2.41. The molecule has 1 aliphatic heterocycles. The largest absolute Gasteiger partial charge is 0.369 e. The Morgan fingerprint density at radius 1 is 1.29 bits per heavy atom. The summed E-state index contributed by atoms with van der Waals surface area (Å²) in [7, 11) is 0. The Morgan fingerprint density at radius 3 is 2.38 bits per heavy atom.